The van der Waals surface area contributed by atoms with Crippen LogP contribution in [-0.2, 0) is 14.8 Å². The number of methoxy groups -OCH3 is 1. The van der Waals surface area contributed by atoms with Crippen LogP contribution in [0.2, 0.25) is 0 Å². The lowest BCUT2D eigenvalue weighted by Crippen LogP contribution is -2.12. The maximum absolute atomic E-state index is 12.7. The van der Waals surface area contributed by atoms with Crippen LogP contribution in [0.3, 0.4) is 0 Å². The Bertz CT molecular complexity index is 1020. The van der Waals surface area contributed by atoms with E-state index in [1.54, 1.807) is 14.1 Å². The van der Waals surface area contributed by atoms with Crippen molar-refractivity contribution in [2.45, 2.75) is 4.90 Å². The zero-order valence-electron chi connectivity index (χ0n) is 15.1. The summed E-state index contributed by atoms with van der Waals surface area (Å²) < 4.78 is 38.8. The first-order valence-electron chi connectivity index (χ1n) is 7.61. The monoisotopic (exact) mass is 408 g/mol. The molecular formula is C16H16N4O7S. The number of nitrogens with zero attached hydrogens (tertiary/aromatic N) is 4. The van der Waals surface area contributed by atoms with E-state index in [1.165, 1.54) is 29.4 Å². The third-order valence-corrected chi connectivity index (χ3v) is 4.43. The Morgan fingerprint density at radius 1 is 1.36 bits per heavy atom. The van der Waals surface area contributed by atoms with E-state index in [2.05, 4.69) is 14.1 Å². The summed E-state index contributed by atoms with van der Waals surface area (Å²) in [6.07, 6.45) is 3.69. The lowest BCUT2D eigenvalue weighted by atomic mass is 10.2. The molecule has 11 nitrogen and oxygen atoms in total. The van der Waals surface area contributed by atoms with Crippen LogP contribution in [0.5, 0.6) is 11.5 Å². The molecule has 0 aliphatic heterocycles. The molecule has 0 saturated heterocycles. The SMILES string of the molecule is COC(=O)c1cc([N+](=O)[O-])c(Oc2cccnc2)c(S(=O)(=O)/N=C/N(C)C)c1. The predicted octanol–water partition coefficient (Wildman–Crippen LogP) is 1.85. The number of benzene rings is 1. The molecule has 1 heterocycles. The van der Waals surface area contributed by atoms with Gasteiger partial charge in [-0.25, -0.2) is 4.79 Å². The van der Waals surface area contributed by atoms with E-state index in [-0.39, 0.29) is 11.3 Å². The van der Waals surface area contributed by atoms with Gasteiger partial charge in [0.25, 0.3) is 10.0 Å². The molecule has 2 rings (SSSR count). The number of sulfonamides is 1. The Labute approximate surface area is 160 Å². The molecule has 0 atom stereocenters. The Balaban J connectivity index is 2.78. The van der Waals surface area contributed by atoms with E-state index in [4.69, 9.17) is 4.74 Å². The van der Waals surface area contributed by atoms with Crippen LogP contribution in [0.4, 0.5) is 5.69 Å². The summed E-state index contributed by atoms with van der Waals surface area (Å²) in [6, 6.07) is 4.71. The summed E-state index contributed by atoms with van der Waals surface area (Å²) in [7, 11) is -0.312. The number of esters is 1. The lowest BCUT2D eigenvalue weighted by molar-refractivity contribution is -0.385. The van der Waals surface area contributed by atoms with Crippen molar-refractivity contribution >= 4 is 28.0 Å². The van der Waals surface area contributed by atoms with Crippen LogP contribution in [-0.4, -0.2) is 56.7 Å². The molecule has 148 valence electrons. The third-order valence-electron chi connectivity index (χ3n) is 3.20. The normalized spacial score (nSPS) is 11.2. The summed E-state index contributed by atoms with van der Waals surface area (Å²) >= 11 is 0. The molecule has 12 heteroatoms. The number of nitro benzene ring substituents is 1. The highest BCUT2D eigenvalue weighted by Crippen LogP contribution is 2.39. The first-order valence-corrected chi connectivity index (χ1v) is 9.05. The van der Waals surface area contributed by atoms with Gasteiger partial charge in [-0.05, 0) is 18.2 Å². The van der Waals surface area contributed by atoms with Gasteiger partial charge in [-0.1, -0.05) is 0 Å². The van der Waals surface area contributed by atoms with Gasteiger partial charge < -0.3 is 14.4 Å². The minimum atomic E-state index is -4.46. The Morgan fingerprint density at radius 2 is 2.07 bits per heavy atom. The highest BCUT2D eigenvalue weighted by atomic mass is 32.2. The van der Waals surface area contributed by atoms with Crippen LogP contribution in [0, 0.1) is 10.1 Å². The number of nitro groups is 1. The van der Waals surface area contributed by atoms with Gasteiger partial charge in [0.2, 0.25) is 5.75 Å². The van der Waals surface area contributed by atoms with Crippen LogP contribution < -0.4 is 4.74 Å². The molecule has 0 bridgehead atoms. The Kier molecular flexibility index (Phi) is 6.26. The summed E-state index contributed by atoms with van der Waals surface area (Å²) in [4.78, 5) is 27.0. The minimum Gasteiger partial charge on any atom is -0.465 e. The topological polar surface area (TPSA) is 141 Å². The zero-order valence-corrected chi connectivity index (χ0v) is 15.9. The molecule has 1 aromatic heterocycles. The van der Waals surface area contributed by atoms with E-state index in [9.17, 15) is 23.3 Å². The molecule has 28 heavy (non-hydrogen) atoms. The Hall–Kier alpha value is -3.54. The molecule has 2 aromatic rings. The third kappa shape index (κ3) is 4.79. The first kappa shape index (κ1) is 20.8. The van der Waals surface area contributed by atoms with E-state index >= 15 is 0 Å². The zero-order chi connectivity index (χ0) is 20.9. The fourth-order valence-corrected chi connectivity index (χ4v) is 3.07. The second-order valence-electron chi connectivity index (χ2n) is 5.52. The minimum absolute atomic E-state index is 0.0597. The van der Waals surface area contributed by atoms with Gasteiger partial charge in [0.1, 0.15) is 17.0 Å². The van der Waals surface area contributed by atoms with Crippen molar-refractivity contribution in [1.29, 1.82) is 0 Å². The van der Waals surface area contributed by atoms with Gasteiger partial charge in [0, 0.05) is 26.4 Å². The molecular weight excluding hydrogens is 392 g/mol. The van der Waals surface area contributed by atoms with Crippen molar-refractivity contribution in [3.05, 3.63) is 52.3 Å². The van der Waals surface area contributed by atoms with Crippen molar-refractivity contribution in [3.63, 3.8) is 0 Å². The molecule has 0 unspecified atom stereocenters. The quantitative estimate of drug-likeness (QED) is 0.220. The molecule has 0 saturated carbocycles. The van der Waals surface area contributed by atoms with Gasteiger partial charge in [-0.3, -0.25) is 15.1 Å². The van der Waals surface area contributed by atoms with E-state index in [0.717, 1.165) is 25.6 Å². The Morgan fingerprint density at radius 3 is 2.61 bits per heavy atom. The summed E-state index contributed by atoms with van der Waals surface area (Å²) in [6.45, 7) is 0. The van der Waals surface area contributed by atoms with Gasteiger partial charge >= 0.3 is 11.7 Å². The number of ether oxygens (including phenoxy) is 2. The van der Waals surface area contributed by atoms with E-state index in [1.807, 2.05) is 0 Å². The lowest BCUT2D eigenvalue weighted by Gasteiger charge is -2.12. The fourth-order valence-electron chi connectivity index (χ4n) is 1.99. The number of pyridine rings is 1. The second-order valence-corrected chi connectivity index (χ2v) is 7.12. The van der Waals surface area contributed by atoms with Crippen molar-refractivity contribution in [1.82, 2.24) is 9.88 Å². The maximum atomic E-state index is 12.7. The number of carbonyl (C=O) groups is 1. The second kappa shape index (κ2) is 8.43. The number of hydrogen-bond donors (Lipinski definition) is 0. The molecule has 1 aromatic carbocycles. The van der Waals surface area contributed by atoms with Crippen LogP contribution in [0.25, 0.3) is 0 Å². The predicted molar refractivity (Wildman–Crippen MR) is 98.1 cm³/mol. The number of rotatable bonds is 7. The largest absolute Gasteiger partial charge is 0.465 e. The summed E-state index contributed by atoms with van der Waals surface area (Å²) in [5.41, 5.74) is -1.09. The van der Waals surface area contributed by atoms with E-state index in [0.29, 0.717) is 0 Å². The molecule has 0 fully saturated rings. The number of aromatic nitrogens is 1. The van der Waals surface area contributed by atoms with E-state index < -0.39 is 37.2 Å². The molecule has 0 aliphatic rings. The summed E-state index contributed by atoms with van der Waals surface area (Å²) in [5, 5.41) is 11.5. The van der Waals surface area contributed by atoms with Crippen molar-refractivity contribution in [2.24, 2.45) is 4.40 Å². The smallest absolute Gasteiger partial charge is 0.338 e. The first-order chi connectivity index (χ1) is 13.2. The van der Waals surface area contributed by atoms with Gasteiger partial charge in [-0.2, -0.15) is 8.42 Å². The van der Waals surface area contributed by atoms with Crippen LogP contribution in [0.1, 0.15) is 10.4 Å². The van der Waals surface area contributed by atoms with Crippen molar-refractivity contribution < 1.29 is 27.6 Å². The maximum Gasteiger partial charge on any atom is 0.338 e. The molecule has 0 aliphatic carbocycles. The molecule has 0 radical (unpaired) electrons. The highest BCUT2D eigenvalue weighted by molar-refractivity contribution is 7.90. The van der Waals surface area contributed by atoms with Crippen LogP contribution >= 0.6 is 0 Å². The molecule has 0 amide bonds. The van der Waals surface area contributed by atoms with Gasteiger partial charge in [-0.15, -0.1) is 4.40 Å². The summed E-state index contributed by atoms with van der Waals surface area (Å²) in [5.74, 6) is -1.49. The fraction of sp³-hybridized carbons (Fsp3) is 0.188. The average molecular weight is 408 g/mol. The van der Waals surface area contributed by atoms with Gasteiger partial charge in [0.15, 0.2) is 0 Å². The average Bonchev–Trinajstić information content (AvgIpc) is 2.66. The number of hydrogen-bond acceptors (Lipinski definition) is 8. The molecule has 0 spiro atoms. The van der Waals surface area contributed by atoms with Gasteiger partial charge in [0.05, 0.1) is 23.8 Å². The van der Waals surface area contributed by atoms with Crippen molar-refractivity contribution in [3.8, 4) is 11.5 Å². The van der Waals surface area contributed by atoms with Crippen LogP contribution in [0.15, 0.2) is 46.0 Å². The molecule has 0 N–H and O–H groups in total. The highest BCUT2D eigenvalue weighted by Gasteiger charge is 2.31. The number of carbonyl (C=O) groups excluding carboxylic acids is 1. The van der Waals surface area contributed by atoms with Crippen molar-refractivity contribution in [2.75, 3.05) is 21.2 Å². The standard InChI is InChI=1S/C16H16N4O7S/c1-19(2)10-18-28(24,25)14-8-11(16(21)26-3)7-13(20(22)23)15(14)27-12-5-4-6-17-9-12/h4-10H,1-3H3/b18-10+.